The SMILES string of the molecule is Cc1csc(NC(=O)c2ccc(NS(=O)(=O)c3cccc([N+](=O)[O-])c3)cc2)n1. The van der Waals surface area contributed by atoms with Gasteiger partial charge in [-0.25, -0.2) is 13.4 Å². The fourth-order valence-corrected chi connectivity index (χ4v) is 4.03. The lowest BCUT2D eigenvalue weighted by Crippen LogP contribution is -2.14. The number of nitrogens with zero attached hydrogens (tertiary/aromatic N) is 2. The molecule has 2 aromatic carbocycles. The third-order valence-corrected chi connectivity index (χ3v) is 5.83. The van der Waals surface area contributed by atoms with Crippen LogP contribution in [0.5, 0.6) is 0 Å². The quantitative estimate of drug-likeness (QED) is 0.466. The predicted molar refractivity (Wildman–Crippen MR) is 105 cm³/mol. The van der Waals surface area contributed by atoms with Crippen molar-refractivity contribution in [2.75, 3.05) is 10.0 Å². The van der Waals surface area contributed by atoms with E-state index in [-0.39, 0.29) is 22.2 Å². The second-order valence-corrected chi connectivity index (χ2v) is 8.23. The van der Waals surface area contributed by atoms with Crippen LogP contribution in [0.25, 0.3) is 0 Å². The zero-order valence-electron chi connectivity index (χ0n) is 14.4. The number of benzene rings is 2. The smallest absolute Gasteiger partial charge is 0.270 e. The van der Waals surface area contributed by atoms with Crippen molar-refractivity contribution in [2.45, 2.75) is 11.8 Å². The van der Waals surface area contributed by atoms with Crippen molar-refractivity contribution in [3.8, 4) is 0 Å². The van der Waals surface area contributed by atoms with Gasteiger partial charge in [0, 0.05) is 28.8 Å². The van der Waals surface area contributed by atoms with Gasteiger partial charge in [-0.3, -0.25) is 24.9 Å². The number of aromatic nitrogens is 1. The number of anilines is 2. The molecule has 0 aliphatic carbocycles. The van der Waals surface area contributed by atoms with Crippen LogP contribution in [0.2, 0.25) is 0 Å². The van der Waals surface area contributed by atoms with Crippen molar-refractivity contribution < 1.29 is 18.1 Å². The number of aryl methyl sites for hydroxylation is 1. The molecule has 0 radical (unpaired) electrons. The number of hydrogen-bond donors (Lipinski definition) is 2. The number of carbonyl (C=O) groups excluding carboxylic acids is 1. The molecule has 0 bridgehead atoms. The molecule has 0 unspecified atom stereocenters. The highest BCUT2D eigenvalue weighted by Crippen LogP contribution is 2.21. The number of amides is 1. The van der Waals surface area contributed by atoms with Crippen molar-refractivity contribution in [2.24, 2.45) is 0 Å². The Bertz CT molecular complexity index is 1140. The van der Waals surface area contributed by atoms with Crippen LogP contribution in [0, 0.1) is 17.0 Å². The Morgan fingerprint density at radius 3 is 2.50 bits per heavy atom. The number of hydrogen-bond acceptors (Lipinski definition) is 7. The average molecular weight is 418 g/mol. The van der Waals surface area contributed by atoms with E-state index in [0.29, 0.717) is 10.7 Å². The van der Waals surface area contributed by atoms with Crippen LogP contribution < -0.4 is 10.0 Å². The zero-order chi connectivity index (χ0) is 20.3. The molecule has 9 nitrogen and oxygen atoms in total. The number of non-ortho nitro benzene ring substituents is 1. The highest BCUT2D eigenvalue weighted by molar-refractivity contribution is 7.92. The number of thiazole rings is 1. The largest absolute Gasteiger partial charge is 0.298 e. The lowest BCUT2D eigenvalue weighted by Gasteiger charge is -2.09. The Morgan fingerprint density at radius 1 is 1.18 bits per heavy atom. The minimum absolute atomic E-state index is 0.216. The van der Waals surface area contributed by atoms with Crippen LogP contribution in [-0.2, 0) is 10.0 Å². The third-order valence-electron chi connectivity index (χ3n) is 3.58. The van der Waals surface area contributed by atoms with Crippen LogP contribution >= 0.6 is 11.3 Å². The molecule has 3 aromatic rings. The molecule has 1 aromatic heterocycles. The highest BCUT2D eigenvalue weighted by atomic mass is 32.2. The molecule has 0 saturated heterocycles. The summed E-state index contributed by atoms with van der Waals surface area (Å²) in [4.78, 5) is 26.3. The summed E-state index contributed by atoms with van der Waals surface area (Å²) in [7, 11) is -4.01. The second kappa shape index (κ2) is 7.74. The normalized spacial score (nSPS) is 11.0. The van der Waals surface area contributed by atoms with Crippen LogP contribution in [0.4, 0.5) is 16.5 Å². The highest BCUT2D eigenvalue weighted by Gasteiger charge is 2.18. The van der Waals surface area contributed by atoms with Gasteiger partial charge in [0.05, 0.1) is 15.5 Å². The van der Waals surface area contributed by atoms with Crippen molar-refractivity contribution in [3.63, 3.8) is 0 Å². The van der Waals surface area contributed by atoms with Crippen molar-refractivity contribution in [3.05, 3.63) is 75.3 Å². The summed E-state index contributed by atoms with van der Waals surface area (Å²) < 4.78 is 27.2. The standard InChI is InChI=1S/C17H14N4O5S2/c1-11-10-27-17(18-11)19-16(22)12-5-7-13(8-6-12)20-28(25,26)15-4-2-3-14(9-15)21(23)24/h2-10,20H,1H3,(H,18,19,22). The van der Waals surface area contributed by atoms with E-state index in [2.05, 4.69) is 15.0 Å². The molecule has 0 spiro atoms. The van der Waals surface area contributed by atoms with E-state index in [1.165, 1.54) is 53.8 Å². The van der Waals surface area contributed by atoms with Gasteiger partial charge < -0.3 is 0 Å². The monoisotopic (exact) mass is 418 g/mol. The summed E-state index contributed by atoms with van der Waals surface area (Å²) in [5, 5.41) is 15.8. The Morgan fingerprint density at radius 2 is 1.89 bits per heavy atom. The zero-order valence-corrected chi connectivity index (χ0v) is 16.1. The lowest BCUT2D eigenvalue weighted by atomic mass is 10.2. The summed E-state index contributed by atoms with van der Waals surface area (Å²) >= 11 is 1.30. The maximum atomic E-state index is 12.4. The molecular formula is C17H14N4O5S2. The number of sulfonamides is 1. The molecule has 0 saturated carbocycles. The Labute approximate surface area is 164 Å². The van der Waals surface area contributed by atoms with E-state index >= 15 is 0 Å². The van der Waals surface area contributed by atoms with Crippen molar-refractivity contribution in [1.29, 1.82) is 0 Å². The van der Waals surface area contributed by atoms with E-state index in [9.17, 15) is 23.3 Å². The molecule has 1 heterocycles. The molecule has 0 aliphatic rings. The van der Waals surface area contributed by atoms with Crippen molar-refractivity contribution in [1.82, 2.24) is 4.98 Å². The second-order valence-electron chi connectivity index (χ2n) is 5.69. The molecule has 2 N–H and O–H groups in total. The minimum atomic E-state index is -4.01. The molecule has 144 valence electrons. The van der Waals surface area contributed by atoms with Gasteiger partial charge in [-0.15, -0.1) is 11.3 Å². The summed E-state index contributed by atoms with van der Waals surface area (Å²) in [5.41, 5.74) is 1.01. The maximum Gasteiger partial charge on any atom is 0.270 e. The predicted octanol–water partition coefficient (Wildman–Crippen LogP) is 3.41. The van der Waals surface area contributed by atoms with Gasteiger partial charge in [-0.1, -0.05) is 6.07 Å². The third kappa shape index (κ3) is 4.50. The van der Waals surface area contributed by atoms with Crippen molar-refractivity contribution >= 4 is 43.8 Å². The molecule has 3 rings (SSSR count). The Balaban J connectivity index is 1.73. The van der Waals surface area contributed by atoms with E-state index in [1.807, 2.05) is 6.92 Å². The van der Waals surface area contributed by atoms with E-state index in [1.54, 1.807) is 5.38 Å². The minimum Gasteiger partial charge on any atom is -0.298 e. The van der Waals surface area contributed by atoms with Gasteiger partial charge in [-0.05, 0) is 37.3 Å². The fraction of sp³-hybridized carbons (Fsp3) is 0.0588. The molecule has 11 heteroatoms. The molecule has 28 heavy (non-hydrogen) atoms. The number of carbonyl (C=O) groups is 1. The van der Waals surface area contributed by atoms with E-state index in [4.69, 9.17) is 0 Å². The van der Waals surface area contributed by atoms with Gasteiger partial charge in [-0.2, -0.15) is 0 Å². The molecule has 0 atom stereocenters. The van der Waals surface area contributed by atoms with Gasteiger partial charge in [0.25, 0.3) is 21.6 Å². The van der Waals surface area contributed by atoms with Gasteiger partial charge in [0.2, 0.25) is 0 Å². The van der Waals surface area contributed by atoms with Crippen LogP contribution in [-0.4, -0.2) is 24.2 Å². The van der Waals surface area contributed by atoms with Crippen LogP contribution in [0.1, 0.15) is 16.1 Å². The van der Waals surface area contributed by atoms with E-state index in [0.717, 1.165) is 11.8 Å². The first-order valence-corrected chi connectivity index (χ1v) is 10.2. The fourth-order valence-electron chi connectivity index (χ4n) is 2.25. The first kappa shape index (κ1) is 19.5. The molecule has 1 amide bonds. The van der Waals surface area contributed by atoms with Gasteiger partial charge in [0.1, 0.15) is 0 Å². The molecule has 0 fully saturated rings. The Kier molecular flexibility index (Phi) is 5.38. The first-order valence-electron chi connectivity index (χ1n) is 7.85. The van der Waals surface area contributed by atoms with E-state index < -0.39 is 14.9 Å². The number of nitro groups is 1. The lowest BCUT2D eigenvalue weighted by molar-refractivity contribution is -0.385. The summed E-state index contributed by atoms with van der Waals surface area (Å²) in [5.74, 6) is -0.373. The van der Waals surface area contributed by atoms with Crippen LogP contribution in [0.15, 0.2) is 58.8 Å². The topological polar surface area (TPSA) is 131 Å². The Hall–Kier alpha value is -3.31. The van der Waals surface area contributed by atoms with Crippen LogP contribution in [0.3, 0.4) is 0 Å². The average Bonchev–Trinajstić information content (AvgIpc) is 3.06. The summed E-state index contributed by atoms with van der Waals surface area (Å²) in [6, 6.07) is 10.5. The molecule has 0 aliphatic heterocycles. The number of nitro benzene ring substituents is 1. The van der Waals surface area contributed by atoms with Gasteiger partial charge in [0.15, 0.2) is 5.13 Å². The first-order chi connectivity index (χ1) is 13.2. The van der Waals surface area contributed by atoms with Gasteiger partial charge >= 0.3 is 0 Å². The molecular weight excluding hydrogens is 404 g/mol. The summed E-state index contributed by atoms with van der Waals surface area (Å²) in [6.45, 7) is 1.81. The number of rotatable bonds is 6. The maximum absolute atomic E-state index is 12.4. The number of nitrogens with one attached hydrogen (secondary N) is 2. The summed E-state index contributed by atoms with van der Waals surface area (Å²) in [6.07, 6.45) is 0.